The number of aryl methyl sites for hydroxylation is 2. The van der Waals surface area contributed by atoms with Gasteiger partial charge >= 0.3 is 5.63 Å². The molecule has 7 heteroatoms. The Bertz CT molecular complexity index is 1350. The van der Waals surface area contributed by atoms with E-state index in [9.17, 15) is 9.59 Å². The smallest absolute Gasteiger partial charge is 0.337 e. The standard InChI is InChI=1S/C24H23ClN2O4/c1-4-30-15-6-7-17-18(12-21(28)31-20(17)11-15)24(29)26-10-9-16-14(3)27-23-13(2)5-8-19(25)22(16)23/h5-8,11-12,27H,4,9-10H2,1-3H3,(H,26,29). The highest BCUT2D eigenvalue weighted by molar-refractivity contribution is 6.35. The van der Waals surface area contributed by atoms with Crippen LogP contribution < -0.4 is 15.7 Å². The van der Waals surface area contributed by atoms with Crippen molar-refractivity contribution in [2.75, 3.05) is 13.2 Å². The van der Waals surface area contributed by atoms with E-state index in [0.29, 0.717) is 41.3 Å². The molecule has 2 heterocycles. The summed E-state index contributed by atoms with van der Waals surface area (Å²) in [7, 11) is 0. The number of benzene rings is 2. The molecule has 2 N–H and O–H groups in total. The van der Waals surface area contributed by atoms with Gasteiger partial charge in [-0.15, -0.1) is 0 Å². The molecule has 0 unspecified atom stereocenters. The van der Waals surface area contributed by atoms with Crippen LogP contribution in [0.2, 0.25) is 5.02 Å². The monoisotopic (exact) mass is 438 g/mol. The third-order valence-electron chi connectivity index (χ3n) is 5.36. The molecule has 0 fully saturated rings. The molecule has 2 aromatic carbocycles. The number of carbonyl (C=O) groups excluding carboxylic acids is 1. The molecule has 31 heavy (non-hydrogen) atoms. The predicted octanol–water partition coefficient (Wildman–Crippen LogP) is 4.92. The maximum absolute atomic E-state index is 12.9. The Kier molecular flexibility index (Phi) is 5.74. The molecule has 0 bridgehead atoms. The topological polar surface area (TPSA) is 84.3 Å². The number of halogens is 1. The molecule has 4 aromatic rings. The normalized spacial score (nSPS) is 11.2. The van der Waals surface area contributed by atoms with E-state index < -0.39 is 5.63 Å². The summed E-state index contributed by atoms with van der Waals surface area (Å²) in [5.41, 5.74) is 4.24. The fraction of sp³-hybridized carbons (Fsp3) is 0.250. The van der Waals surface area contributed by atoms with E-state index in [4.69, 9.17) is 20.8 Å². The maximum atomic E-state index is 12.9. The van der Waals surface area contributed by atoms with Crippen molar-refractivity contribution in [1.29, 1.82) is 0 Å². The van der Waals surface area contributed by atoms with Gasteiger partial charge in [0, 0.05) is 35.1 Å². The highest BCUT2D eigenvalue weighted by Gasteiger charge is 2.16. The number of carbonyl (C=O) groups is 1. The second-order valence-corrected chi connectivity index (χ2v) is 7.83. The molecule has 160 valence electrons. The molecule has 0 aliphatic carbocycles. The fourth-order valence-electron chi connectivity index (χ4n) is 3.88. The lowest BCUT2D eigenvalue weighted by atomic mass is 10.1. The first-order valence-corrected chi connectivity index (χ1v) is 10.5. The lowest BCUT2D eigenvalue weighted by Gasteiger charge is -2.09. The zero-order chi connectivity index (χ0) is 22.1. The van der Waals surface area contributed by atoms with E-state index in [1.807, 2.05) is 32.9 Å². The highest BCUT2D eigenvalue weighted by Crippen LogP contribution is 2.31. The molecule has 1 amide bonds. The van der Waals surface area contributed by atoms with Crippen molar-refractivity contribution in [3.8, 4) is 5.75 Å². The minimum absolute atomic E-state index is 0.277. The van der Waals surface area contributed by atoms with Gasteiger partial charge < -0.3 is 19.5 Å². The molecule has 0 radical (unpaired) electrons. The number of fused-ring (bicyclic) bond motifs is 2. The van der Waals surface area contributed by atoms with Gasteiger partial charge in [0.05, 0.1) is 22.7 Å². The van der Waals surface area contributed by atoms with Crippen LogP contribution in [-0.2, 0) is 6.42 Å². The number of nitrogens with one attached hydrogen (secondary N) is 2. The lowest BCUT2D eigenvalue weighted by molar-refractivity contribution is 0.0955. The predicted molar refractivity (Wildman–Crippen MR) is 122 cm³/mol. The summed E-state index contributed by atoms with van der Waals surface area (Å²) in [6.45, 7) is 6.79. The Hall–Kier alpha value is -3.25. The Morgan fingerprint density at radius 1 is 1.19 bits per heavy atom. The molecule has 6 nitrogen and oxygen atoms in total. The number of hydrogen-bond donors (Lipinski definition) is 2. The largest absolute Gasteiger partial charge is 0.494 e. The van der Waals surface area contributed by atoms with Gasteiger partial charge in [-0.05, 0) is 56.5 Å². The lowest BCUT2D eigenvalue weighted by Crippen LogP contribution is -2.27. The molecule has 0 aliphatic rings. The van der Waals surface area contributed by atoms with E-state index >= 15 is 0 Å². The van der Waals surface area contributed by atoms with Crippen molar-refractivity contribution >= 4 is 39.4 Å². The van der Waals surface area contributed by atoms with E-state index in [1.165, 1.54) is 6.07 Å². The second kappa shape index (κ2) is 8.47. The maximum Gasteiger partial charge on any atom is 0.337 e. The Morgan fingerprint density at radius 3 is 2.77 bits per heavy atom. The van der Waals surface area contributed by atoms with Crippen LogP contribution in [-0.4, -0.2) is 24.0 Å². The van der Waals surface area contributed by atoms with Crippen LogP contribution in [0.5, 0.6) is 5.75 Å². The summed E-state index contributed by atoms with van der Waals surface area (Å²) < 4.78 is 10.7. The van der Waals surface area contributed by atoms with E-state index in [1.54, 1.807) is 18.2 Å². The number of hydrogen-bond acceptors (Lipinski definition) is 4. The summed E-state index contributed by atoms with van der Waals surface area (Å²) in [5.74, 6) is 0.250. The first-order chi connectivity index (χ1) is 14.9. The summed E-state index contributed by atoms with van der Waals surface area (Å²) >= 11 is 6.44. The van der Waals surface area contributed by atoms with E-state index in [-0.39, 0.29) is 11.5 Å². The fourth-order valence-corrected chi connectivity index (χ4v) is 4.16. The van der Waals surface area contributed by atoms with Gasteiger partial charge in [0.15, 0.2) is 0 Å². The molecule has 0 aliphatic heterocycles. The van der Waals surface area contributed by atoms with Crippen LogP contribution in [0.3, 0.4) is 0 Å². The molecule has 0 atom stereocenters. The number of aromatic nitrogens is 1. The van der Waals surface area contributed by atoms with Crippen LogP contribution in [0, 0.1) is 13.8 Å². The van der Waals surface area contributed by atoms with Crippen molar-refractivity contribution in [3.05, 3.63) is 74.2 Å². The van der Waals surface area contributed by atoms with Gasteiger partial charge in [0.2, 0.25) is 0 Å². The summed E-state index contributed by atoms with van der Waals surface area (Å²) in [5, 5.41) is 5.14. The molecule has 0 saturated heterocycles. The van der Waals surface area contributed by atoms with Crippen LogP contribution in [0.4, 0.5) is 0 Å². The van der Waals surface area contributed by atoms with Crippen LogP contribution in [0.1, 0.15) is 34.1 Å². The van der Waals surface area contributed by atoms with E-state index in [2.05, 4.69) is 10.3 Å². The molecule has 2 aromatic heterocycles. The van der Waals surface area contributed by atoms with Crippen molar-refractivity contribution in [1.82, 2.24) is 10.3 Å². The third-order valence-corrected chi connectivity index (χ3v) is 5.68. The number of amides is 1. The number of ether oxygens (including phenoxy) is 1. The first kappa shape index (κ1) is 21.0. The van der Waals surface area contributed by atoms with Crippen LogP contribution in [0.25, 0.3) is 21.9 Å². The van der Waals surface area contributed by atoms with Crippen molar-refractivity contribution < 1.29 is 13.9 Å². The van der Waals surface area contributed by atoms with Crippen LogP contribution in [0.15, 0.2) is 45.6 Å². The average molecular weight is 439 g/mol. The number of aromatic amines is 1. The van der Waals surface area contributed by atoms with Crippen LogP contribution >= 0.6 is 11.6 Å². The average Bonchev–Trinajstić information content (AvgIpc) is 3.07. The minimum atomic E-state index is -0.582. The minimum Gasteiger partial charge on any atom is -0.494 e. The van der Waals surface area contributed by atoms with Gasteiger partial charge in [-0.1, -0.05) is 17.7 Å². The van der Waals surface area contributed by atoms with Gasteiger partial charge in [-0.25, -0.2) is 4.79 Å². The number of H-pyrrole nitrogens is 1. The zero-order valence-corrected chi connectivity index (χ0v) is 18.4. The van der Waals surface area contributed by atoms with Crippen molar-refractivity contribution in [2.24, 2.45) is 0 Å². The van der Waals surface area contributed by atoms with E-state index in [0.717, 1.165) is 27.7 Å². The SMILES string of the molecule is CCOc1ccc2c(C(=O)NCCc3c(C)[nH]c4c(C)ccc(Cl)c34)cc(=O)oc2c1. The Balaban J connectivity index is 1.57. The van der Waals surface area contributed by atoms with Gasteiger partial charge in [0.1, 0.15) is 11.3 Å². The van der Waals surface area contributed by atoms with Crippen molar-refractivity contribution in [3.63, 3.8) is 0 Å². The Labute approximate surface area is 184 Å². The third kappa shape index (κ3) is 4.03. The molecule has 0 spiro atoms. The quantitative estimate of drug-likeness (QED) is 0.418. The van der Waals surface area contributed by atoms with Gasteiger partial charge in [-0.3, -0.25) is 4.79 Å². The Morgan fingerprint density at radius 2 is 2.00 bits per heavy atom. The van der Waals surface area contributed by atoms with Gasteiger partial charge in [0.25, 0.3) is 5.91 Å². The molecule has 4 rings (SSSR count). The highest BCUT2D eigenvalue weighted by atomic mass is 35.5. The molecule has 0 saturated carbocycles. The summed E-state index contributed by atoms with van der Waals surface area (Å²) in [6, 6.07) is 10.2. The van der Waals surface area contributed by atoms with Crippen molar-refractivity contribution in [2.45, 2.75) is 27.2 Å². The zero-order valence-electron chi connectivity index (χ0n) is 17.6. The summed E-state index contributed by atoms with van der Waals surface area (Å²) in [6.07, 6.45) is 0.606. The first-order valence-electron chi connectivity index (χ1n) is 10.1. The molecular weight excluding hydrogens is 416 g/mol. The van der Waals surface area contributed by atoms with Gasteiger partial charge in [-0.2, -0.15) is 0 Å². The molecular formula is C24H23ClN2O4. The second-order valence-electron chi connectivity index (χ2n) is 7.42. The summed E-state index contributed by atoms with van der Waals surface area (Å²) in [4.78, 5) is 28.2. The number of rotatable bonds is 6.